The molecule has 0 unspecified atom stereocenters. The number of amides is 3. The lowest BCUT2D eigenvalue weighted by molar-refractivity contribution is -0.142. The number of fused-ring (bicyclic) bond motifs is 1. The van der Waals surface area contributed by atoms with Crippen LogP contribution < -0.4 is 5.32 Å². The van der Waals surface area contributed by atoms with E-state index in [1.165, 1.54) is 11.3 Å². The lowest BCUT2D eigenvalue weighted by Gasteiger charge is -2.14. The topological polar surface area (TPSA) is 92.8 Å². The van der Waals surface area contributed by atoms with Crippen LogP contribution in [0.5, 0.6) is 0 Å². The van der Waals surface area contributed by atoms with E-state index in [4.69, 9.17) is 4.74 Å². The molecule has 1 aliphatic carbocycles. The average molecular weight is 390 g/mol. The van der Waals surface area contributed by atoms with E-state index in [1.54, 1.807) is 13.0 Å². The van der Waals surface area contributed by atoms with E-state index in [1.807, 2.05) is 19.1 Å². The van der Waals surface area contributed by atoms with Crippen molar-refractivity contribution in [3.63, 3.8) is 0 Å². The van der Waals surface area contributed by atoms with Crippen molar-refractivity contribution in [3.05, 3.63) is 28.7 Å². The number of allylic oxidation sites excluding steroid dienone is 2. The van der Waals surface area contributed by atoms with Gasteiger partial charge in [0.05, 0.1) is 24.0 Å². The Hall–Kier alpha value is -2.48. The van der Waals surface area contributed by atoms with Gasteiger partial charge in [0.1, 0.15) is 11.5 Å². The molecule has 0 aromatic carbocycles. The number of imide groups is 1. The van der Waals surface area contributed by atoms with Crippen molar-refractivity contribution in [2.75, 3.05) is 18.5 Å². The van der Waals surface area contributed by atoms with E-state index in [0.29, 0.717) is 29.8 Å². The molecular formula is C19H22N2O5S. The third-order valence-electron chi connectivity index (χ3n) is 4.78. The third kappa shape index (κ3) is 3.80. The summed E-state index contributed by atoms with van der Waals surface area (Å²) < 4.78 is 5.03. The molecule has 144 valence electrons. The van der Waals surface area contributed by atoms with E-state index in [9.17, 15) is 19.2 Å². The number of nitrogens with zero attached hydrogens (tertiary/aromatic N) is 1. The second-order valence-corrected chi connectivity index (χ2v) is 7.63. The van der Waals surface area contributed by atoms with Crippen LogP contribution in [0.25, 0.3) is 0 Å². The fourth-order valence-electron chi connectivity index (χ4n) is 3.40. The number of nitrogens with one attached hydrogen (secondary N) is 1. The molecule has 1 saturated heterocycles. The fraction of sp³-hybridized carbons (Fsp3) is 0.474. The number of ether oxygens (including phenoxy) is 1. The van der Waals surface area contributed by atoms with Crippen molar-refractivity contribution in [3.8, 4) is 0 Å². The molecule has 2 aliphatic rings. The second-order valence-electron chi connectivity index (χ2n) is 6.50. The Morgan fingerprint density at radius 1 is 1.19 bits per heavy atom. The molecule has 1 fully saturated rings. The van der Waals surface area contributed by atoms with Crippen LogP contribution in [0, 0.1) is 11.8 Å². The number of carbonyl (C=O) groups excluding carboxylic acids is 4. The van der Waals surface area contributed by atoms with Crippen molar-refractivity contribution >= 4 is 40.0 Å². The number of hydrogen-bond donors (Lipinski definition) is 1. The Kier molecular flexibility index (Phi) is 5.74. The molecule has 2 atom stereocenters. The summed E-state index contributed by atoms with van der Waals surface area (Å²) in [7, 11) is 0. The van der Waals surface area contributed by atoms with Crippen LogP contribution >= 0.6 is 11.3 Å². The summed E-state index contributed by atoms with van der Waals surface area (Å²) in [6, 6.07) is 1.70. The fourth-order valence-corrected chi connectivity index (χ4v) is 4.40. The molecule has 3 amide bonds. The Bertz CT molecular complexity index is 787. The maximum Gasteiger partial charge on any atom is 0.341 e. The SMILES string of the molecule is CCOC(=O)c1cc(CC)sc1NC(=O)CN1C(=O)[C@H]2CC=CC[C@H]2C1=O. The van der Waals surface area contributed by atoms with Gasteiger partial charge in [0.15, 0.2) is 0 Å². The molecule has 1 aromatic heterocycles. The van der Waals surface area contributed by atoms with Crippen molar-refractivity contribution in [2.24, 2.45) is 11.8 Å². The number of hydrogen-bond acceptors (Lipinski definition) is 6. The van der Waals surface area contributed by atoms with Crippen LogP contribution in [0.4, 0.5) is 5.00 Å². The minimum Gasteiger partial charge on any atom is -0.462 e. The van der Waals surface area contributed by atoms with E-state index in [-0.39, 0.29) is 36.8 Å². The van der Waals surface area contributed by atoms with Crippen molar-refractivity contribution < 1.29 is 23.9 Å². The summed E-state index contributed by atoms with van der Waals surface area (Å²) in [5.74, 6) is -2.32. The van der Waals surface area contributed by atoms with Gasteiger partial charge < -0.3 is 10.1 Å². The number of rotatable bonds is 6. The zero-order valence-electron chi connectivity index (χ0n) is 15.3. The molecule has 1 N–H and O–H groups in total. The van der Waals surface area contributed by atoms with Gasteiger partial charge in [-0.05, 0) is 32.3 Å². The van der Waals surface area contributed by atoms with Gasteiger partial charge in [-0.15, -0.1) is 11.3 Å². The summed E-state index contributed by atoms with van der Waals surface area (Å²) in [5, 5.41) is 3.05. The van der Waals surface area contributed by atoms with Gasteiger partial charge in [0.2, 0.25) is 17.7 Å². The first-order valence-corrected chi connectivity index (χ1v) is 9.87. The second kappa shape index (κ2) is 8.04. The zero-order chi connectivity index (χ0) is 19.6. The Morgan fingerprint density at radius 2 is 1.81 bits per heavy atom. The molecule has 27 heavy (non-hydrogen) atoms. The van der Waals surface area contributed by atoms with Crippen LogP contribution in [0.2, 0.25) is 0 Å². The summed E-state index contributed by atoms with van der Waals surface area (Å²) in [4.78, 5) is 51.5. The molecule has 2 heterocycles. The van der Waals surface area contributed by atoms with Gasteiger partial charge in [-0.25, -0.2) is 4.79 Å². The minimum atomic E-state index is -0.505. The Balaban J connectivity index is 1.71. The van der Waals surface area contributed by atoms with Gasteiger partial charge in [-0.2, -0.15) is 0 Å². The van der Waals surface area contributed by atoms with Gasteiger partial charge in [-0.1, -0.05) is 19.1 Å². The van der Waals surface area contributed by atoms with Gasteiger partial charge in [-0.3, -0.25) is 19.3 Å². The summed E-state index contributed by atoms with van der Waals surface area (Å²) in [6.07, 6.45) is 5.58. The molecule has 0 bridgehead atoms. The largest absolute Gasteiger partial charge is 0.462 e. The normalized spacial score (nSPS) is 21.3. The van der Waals surface area contributed by atoms with Gasteiger partial charge in [0, 0.05) is 4.88 Å². The summed E-state index contributed by atoms with van der Waals surface area (Å²) >= 11 is 1.29. The van der Waals surface area contributed by atoms with Crippen LogP contribution in [0.3, 0.4) is 0 Å². The average Bonchev–Trinajstić information content (AvgIpc) is 3.17. The number of esters is 1. The molecular weight excluding hydrogens is 368 g/mol. The zero-order valence-corrected chi connectivity index (χ0v) is 16.1. The quantitative estimate of drug-likeness (QED) is 0.457. The number of anilines is 1. The van der Waals surface area contributed by atoms with Gasteiger partial charge in [0.25, 0.3) is 0 Å². The highest BCUT2D eigenvalue weighted by Gasteiger charge is 2.47. The number of likely N-dealkylation sites (tertiary alicyclic amines) is 1. The monoisotopic (exact) mass is 390 g/mol. The third-order valence-corrected chi connectivity index (χ3v) is 5.98. The van der Waals surface area contributed by atoms with Crippen LogP contribution in [-0.4, -0.2) is 41.7 Å². The van der Waals surface area contributed by atoms with E-state index in [2.05, 4.69) is 5.32 Å². The standard InChI is InChI=1S/C19H22N2O5S/c1-3-11-9-14(19(25)26-4-2)16(27-11)20-15(22)10-21-17(23)12-7-5-6-8-13(12)18(21)24/h5-6,9,12-13H,3-4,7-8,10H2,1-2H3,(H,20,22)/t12-,13+. The first-order chi connectivity index (χ1) is 13.0. The van der Waals surface area contributed by atoms with Crippen molar-refractivity contribution in [1.29, 1.82) is 0 Å². The predicted molar refractivity (Wildman–Crippen MR) is 100 cm³/mol. The highest BCUT2D eigenvalue weighted by Crippen LogP contribution is 2.35. The van der Waals surface area contributed by atoms with E-state index in [0.717, 1.165) is 9.78 Å². The molecule has 0 saturated carbocycles. The van der Waals surface area contributed by atoms with Crippen molar-refractivity contribution in [1.82, 2.24) is 4.90 Å². The molecule has 1 aromatic rings. The van der Waals surface area contributed by atoms with Crippen LogP contribution in [-0.2, 0) is 25.5 Å². The molecule has 3 rings (SSSR count). The molecule has 0 spiro atoms. The highest BCUT2D eigenvalue weighted by molar-refractivity contribution is 7.16. The number of aryl methyl sites for hydroxylation is 1. The Labute approximate surface area is 161 Å². The number of thiophene rings is 1. The molecule has 0 radical (unpaired) electrons. The smallest absolute Gasteiger partial charge is 0.341 e. The summed E-state index contributed by atoms with van der Waals surface area (Å²) in [5.41, 5.74) is 0.295. The van der Waals surface area contributed by atoms with Crippen LogP contribution in [0.15, 0.2) is 18.2 Å². The van der Waals surface area contributed by atoms with Gasteiger partial charge >= 0.3 is 5.97 Å². The lowest BCUT2D eigenvalue weighted by Crippen LogP contribution is -2.38. The van der Waals surface area contributed by atoms with E-state index < -0.39 is 11.9 Å². The molecule has 1 aliphatic heterocycles. The molecule has 7 nitrogen and oxygen atoms in total. The maximum atomic E-state index is 12.5. The first kappa shape index (κ1) is 19.3. The van der Waals surface area contributed by atoms with Crippen LogP contribution in [0.1, 0.15) is 41.9 Å². The lowest BCUT2D eigenvalue weighted by atomic mass is 9.85. The number of carbonyl (C=O) groups is 4. The highest BCUT2D eigenvalue weighted by atomic mass is 32.1. The summed E-state index contributed by atoms with van der Waals surface area (Å²) in [6.45, 7) is 3.55. The Morgan fingerprint density at radius 3 is 2.37 bits per heavy atom. The first-order valence-electron chi connectivity index (χ1n) is 9.06. The minimum absolute atomic E-state index is 0.233. The molecule has 8 heteroatoms. The maximum absolute atomic E-state index is 12.5. The van der Waals surface area contributed by atoms with E-state index >= 15 is 0 Å². The predicted octanol–water partition coefficient (Wildman–Crippen LogP) is 2.38. The van der Waals surface area contributed by atoms with Crippen molar-refractivity contribution in [2.45, 2.75) is 33.1 Å².